The highest BCUT2D eigenvalue weighted by Crippen LogP contribution is 2.12. The van der Waals surface area contributed by atoms with Crippen LogP contribution in [0.3, 0.4) is 0 Å². The number of esters is 1. The average molecular weight is 291 g/mol. The van der Waals surface area contributed by atoms with Crippen LogP contribution in [-0.4, -0.2) is 36.2 Å². The third-order valence-corrected chi connectivity index (χ3v) is 3.06. The molecule has 0 bridgehead atoms. The summed E-state index contributed by atoms with van der Waals surface area (Å²) in [7, 11) is 1.29. The minimum atomic E-state index is -0.513. The molecular weight excluding hydrogens is 270 g/mol. The van der Waals surface area contributed by atoms with Crippen molar-refractivity contribution < 1.29 is 19.1 Å². The van der Waals surface area contributed by atoms with Crippen LogP contribution in [0.2, 0.25) is 0 Å². The van der Waals surface area contributed by atoms with Crippen molar-refractivity contribution in [2.24, 2.45) is 5.92 Å². The summed E-state index contributed by atoms with van der Waals surface area (Å²) in [6.07, 6.45) is 0.0124. The lowest BCUT2D eigenvalue weighted by Crippen LogP contribution is -2.38. The van der Waals surface area contributed by atoms with Crippen molar-refractivity contribution in [3.05, 3.63) is 35.9 Å². The van der Waals surface area contributed by atoms with Gasteiger partial charge in [-0.25, -0.2) is 0 Å². The number of amides is 1. The van der Waals surface area contributed by atoms with Gasteiger partial charge in [0, 0.05) is 12.5 Å². The van der Waals surface area contributed by atoms with Gasteiger partial charge in [-0.15, -0.1) is 0 Å². The molecule has 1 aromatic carbocycles. The van der Waals surface area contributed by atoms with Crippen molar-refractivity contribution in [2.45, 2.75) is 26.8 Å². The molecule has 1 rings (SSSR count). The van der Waals surface area contributed by atoms with Crippen LogP contribution in [0, 0.1) is 5.92 Å². The molecule has 5 nitrogen and oxygen atoms in total. The first kappa shape index (κ1) is 16.9. The van der Waals surface area contributed by atoms with Crippen molar-refractivity contribution in [1.29, 1.82) is 0 Å². The van der Waals surface area contributed by atoms with E-state index in [1.165, 1.54) is 18.9 Å². The molecule has 0 radical (unpaired) electrons. The highest BCUT2D eigenvalue weighted by Gasteiger charge is 2.24. The molecule has 0 unspecified atom stereocenters. The normalized spacial score (nSPS) is 11.6. The summed E-state index contributed by atoms with van der Waals surface area (Å²) in [5.41, 5.74) is 0.942. The quantitative estimate of drug-likeness (QED) is 0.719. The standard InChI is InChI=1S/C16H21NO4/c1-12(9-15(19)21-3)16(20)17(10-13(2)18)11-14-7-5-4-6-8-14/h4-8,12H,9-11H2,1-3H3/t12-/m1/s1. The Balaban J connectivity index is 2.78. The number of methoxy groups -OCH3 is 1. The second kappa shape index (κ2) is 8.19. The maximum Gasteiger partial charge on any atom is 0.306 e. The summed E-state index contributed by atoms with van der Waals surface area (Å²) in [5, 5.41) is 0. The van der Waals surface area contributed by atoms with Gasteiger partial charge in [0.2, 0.25) is 5.91 Å². The zero-order valence-electron chi connectivity index (χ0n) is 12.7. The zero-order chi connectivity index (χ0) is 15.8. The monoisotopic (exact) mass is 291 g/mol. The Morgan fingerprint density at radius 3 is 2.33 bits per heavy atom. The number of Topliss-reactive ketones (excluding diaryl/α,β-unsaturated/α-hetero) is 1. The third-order valence-electron chi connectivity index (χ3n) is 3.06. The Labute approximate surface area is 124 Å². The highest BCUT2D eigenvalue weighted by atomic mass is 16.5. The fourth-order valence-corrected chi connectivity index (χ4v) is 2.02. The molecule has 5 heteroatoms. The lowest BCUT2D eigenvalue weighted by molar-refractivity contribution is -0.147. The Hall–Kier alpha value is -2.17. The first-order valence-corrected chi connectivity index (χ1v) is 6.83. The maximum absolute atomic E-state index is 12.4. The lowest BCUT2D eigenvalue weighted by atomic mass is 10.1. The lowest BCUT2D eigenvalue weighted by Gasteiger charge is -2.24. The second-order valence-corrected chi connectivity index (χ2v) is 5.06. The van der Waals surface area contributed by atoms with Gasteiger partial charge in [0.15, 0.2) is 0 Å². The minimum Gasteiger partial charge on any atom is -0.469 e. The van der Waals surface area contributed by atoms with Gasteiger partial charge < -0.3 is 9.64 Å². The molecule has 1 atom stereocenters. The summed E-state index contributed by atoms with van der Waals surface area (Å²) in [6.45, 7) is 3.50. The number of hydrogen-bond acceptors (Lipinski definition) is 4. The molecule has 0 saturated heterocycles. The Morgan fingerprint density at radius 1 is 1.19 bits per heavy atom. The fraction of sp³-hybridized carbons (Fsp3) is 0.438. The molecule has 0 saturated carbocycles. The Bertz CT molecular complexity index is 498. The van der Waals surface area contributed by atoms with Crippen molar-refractivity contribution in [2.75, 3.05) is 13.7 Å². The van der Waals surface area contributed by atoms with Crippen LogP contribution in [0.4, 0.5) is 0 Å². The van der Waals surface area contributed by atoms with E-state index in [0.29, 0.717) is 6.54 Å². The summed E-state index contributed by atoms with van der Waals surface area (Å²) < 4.78 is 4.57. The van der Waals surface area contributed by atoms with Gasteiger partial charge in [-0.2, -0.15) is 0 Å². The average Bonchev–Trinajstić information content (AvgIpc) is 2.46. The van der Waals surface area contributed by atoms with E-state index in [4.69, 9.17) is 0 Å². The SMILES string of the molecule is COC(=O)C[C@@H](C)C(=O)N(CC(C)=O)Cc1ccccc1. The predicted molar refractivity (Wildman–Crippen MR) is 78.3 cm³/mol. The number of carbonyl (C=O) groups is 3. The van der Waals surface area contributed by atoms with Gasteiger partial charge in [0.1, 0.15) is 5.78 Å². The largest absolute Gasteiger partial charge is 0.469 e. The third kappa shape index (κ3) is 5.77. The van der Waals surface area contributed by atoms with E-state index in [2.05, 4.69) is 4.74 Å². The maximum atomic E-state index is 12.4. The molecule has 0 aromatic heterocycles. The van der Waals surface area contributed by atoms with Crippen molar-refractivity contribution >= 4 is 17.7 Å². The topological polar surface area (TPSA) is 63.7 Å². The summed E-state index contributed by atoms with van der Waals surface area (Å²) in [6, 6.07) is 9.44. The van der Waals surface area contributed by atoms with E-state index < -0.39 is 11.9 Å². The van der Waals surface area contributed by atoms with Crippen LogP contribution in [0.25, 0.3) is 0 Å². The molecule has 1 amide bonds. The van der Waals surface area contributed by atoms with Gasteiger partial charge in [-0.1, -0.05) is 37.3 Å². The van der Waals surface area contributed by atoms with Gasteiger partial charge >= 0.3 is 5.97 Å². The second-order valence-electron chi connectivity index (χ2n) is 5.06. The molecule has 0 heterocycles. The van der Waals surface area contributed by atoms with Crippen molar-refractivity contribution in [1.82, 2.24) is 4.90 Å². The molecule has 0 N–H and O–H groups in total. The van der Waals surface area contributed by atoms with Crippen molar-refractivity contribution in [3.8, 4) is 0 Å². The van der Waals surface area contributed by atoms with Crippen LogP contribution in [0.15, 0.2) is 30.3 Å². The molecule has 0 aliphatic heterocycles. The van der Waals surface area contributed by atoms with Gasteiger partial charge in [0.25, 0.3) is 0 Å². The van der Waals surface area contributed by atoms with E-state index in [1.54, 1.807) is 6.92 Å². The highest BCUT2D eigenvalue weighted by molar-refractivity contribution is 5.87. The number of ether oxygens (including phenoxy) is 1. The van der Waals surface area contributed by atoms with Crippen molar-refractivity contribution in [3.63, 3.8) is 0 Å². The number of nitrogens with zero attached hydrogens (tertiary/aromatic N) is 1. The van der Waals surface area contributed by atoms with E-state index in [9.17, 15) is 14.4 Å². The van der Waals surface area contributed by atoms with E-state index in [1.807, 2.05) is 30.3 Å². The summed E-state index contributed by atoms with van der Waals surface area (Å²) in [5.74, 6) is -1.26. The smallest absolute Gasteiger partial charge is 0.306 e. The molecule has 21 heavy (non-hydrogen) atoms. The minimum absolute atomic E-state index is 0.0124. The van der Waals surface area contributed by atoms with E-state index in [-0.39, 0.29) is 24.7 Å². The van der Waals surface area contributed by atoms with Crippen LogP contribution >= 0.6 is 0 Å². The Kier molecular flexibility index (Phi) is 6.59. The Morgan fingerprint density at radius 2 is 1.81 bits per heavy atom. The zero-order valence-corrected chi connectivity index (χ0v) is 12.7. The molecule has 0 spiro atoms. The molecule has 0 aliphatic carbocycles. The molecule has 0 aliphatic rings. The summed E-state index contributed by atoms with van der Waals surface area (Å²) >= 11 is 0. The number of benzene rings is 1. The molecule has 114 valence electrons. The number of hydrogen-bond donors (Lipinski definition) is 0. The first-order chi connectivity index (χ1) is 9.93. The van der Waals surface area contributed by atoms with Crippen LogP contribution in [-0.2, 0) is 25.7 Å². The number of rotatable bonds is 7. The predicted octanol–water partition coefficient (Wildman–Crippen LogP) is 1.80. The van der Waals surface area contributed by atoms with Crippen LogP contribution in [0.5, 0.6) is 0 Å². The van der Waals surface area contributed by atoms with Gasteiger partial charge in [0.05, 0.1) is 20.1 Å². The fourth-order valence-electron chi connectivity index (χ4n) is 2.02. The first-order valence-electron chi connectivity index (χ1n) is 6.83. The van der Waals surface area contributed by atoms with Gasteiger partial charge in [-0.05, 0) is 12.5 Å². The number of ketones is 1. The van der Waals surface area contributed by atoms with Gasteiger partial charge in [-0.3, -0.25) is 14.4 Å². The van der Waals surface area contributed by atoms with E-state index in [0.717, 1.165) is 5.56 Å². The van der Waals surface area contributed by atoms with E-state index >= 15 is 0 Å². The number of carbonyl (C=O) groups excluding carboxylic acids is 3. The molecular formula is C16H21NO4. The van der Waals surface area contributed by atoms with Crippen LogP contribution in [0.1, 0.15) is 25.8 Å². The summed E-state index contributed by atoms with van der Waals surface area (Å²) in [4.78, 5) is 36.5. The molecule has 0 fully saturated rings. The van der Waals surface area contributed by atoms with Crippen LogP contribution < -0.4 is 0 Å². The molecule has 1 aromatic rings.